The van der Waals surface area contributed by atoms with Crippen LogP contribution in [0.1, 0.15) is 11.7 Å². The summed E-state index contributed by atoms with van der Waals surface area (Å²) in [6.45, 7) is 1.80. The molecule has 0 bridgehead atoms. The Balaban J connectivity index is 2.03. The summed E-state index contributed by atoms with van der Waals surface area (Å²) in [6, 6.07) is 3.75. The number of nitrogens with zero attached hydrogens (tertiary/aromatic N) is 2. The Morgan fingerprint density at radius 1 is 1.53 bits per heavy atom. The smallest absolute Gasteiger partial charge is 0.226 e. The van der Waals surface area contributed by atoms with Crippen molar-refractivity contribution in [1.29, 1.82) is 0 Å². The Labute approximate surface area is 99.2 Å². The summed E-state index contributed by atoms with van der Waals surface area (Å²) in [4.78, 5) is 21.7. The SMILES string of the molecule is COO[n+]1ccc(C2CN(C=O)CCO2)cc1. The van der Waals surface area contributed by atoms with Crippen molar-refractivity contribution in [3.63, 3.8) is 0 Å². The maximum absolute atomic E-state index is 10.7. The first-order valence-electron chi connectivity index (χ1n) is 5.37. The first kappa shape index (κ1) is 11.8. The molecule has 0 aromatic carbocycles. The highest BCUT2D eigenvalue weighted by Crippen LogP contribution is 2.20. The van der Waals surface area contributed by atoms with Crippen LogP contribution in [0.3, 0.4) is 0 Å². The Hall–Kier alpha value is -1.66. The van der Waals surface area contributed by atoms with Gasteiger partial charge in [0, 0.05) is 23.4 Å². The highest BCUT2D eigenvalue weighted by molar-refractivity contribution is 5.47. The molecule has 1 unspecified atom stereocenters. The molecule has 2 heterocycles. The Bertz CT molecular complexity index is 368. The molecule has 17 heavy (non-hydrogen) atoms. The van der Waals surface area contributed by atoms with Gasteiger partial charge >= 0.3 is 0 Å². The van der Waals surface area contributed by atoms with E-state index in [9.17, 15) is 4.79 Å². The Kier molecular flexibility index (Phi) is 3.89. The summed E-state index contributed by atoms with van der Waals surface area (Å²) in [7, 11) is 1.44. The molecule has 1 fully saturated rings. The van der Waals surface area contributed by atoms with Gasteiger partial charge in [-0.3, -0.25) is 4.79 Å². The summed E-state index contributed by atoms with van der Waals surface area (Å²) >= 11 is 0. The van der Waals surface area contributed by atoms with E-state index in [1.807, 2.05) is 12.1 Å². The second-order valence-corrected chi connectivity index (χ2v) is 3.69. The predicted molar refractivity (Wildman–Crippen MR) is 56.6 cm³/mol. The normalized spacial score (nSPS) is 20.1. The van der Waals surface area contributed by atoms with E-state index in [0.29, 0.717) is 19.7 Å². The van der Waals surface area contributed by atoms with E-state index in [-0.39, 0.29) is 6.10 Å². The Morgan fingerprint density at radius 2 is 2.29 bits per heavy atom. The van der Waals surface area contributed by atoms with Gasteiger partial charge in [-0.2, -0.15) is 0 Å². The first-order valence-corrected chi connectivity index (χ1v) is 5.37. The van der Waals surface area contributed by atoms with Crippen LogP contribution in [0, 0.1) is 0 Å². The van der Waals surface area contributed by atoms with Crippen LogP contribution in [0.2, 0.25) is 0 Å². The lowest BCUT2D eigenvalue weighted by molar-refractivity contribution is -0.956. The standard InChI is InChI=1S/C11H15N2O4/c1-15-17-13-4-2-10(3-5-13)11-8-12(9-14)6-7-16-11/h2-5,9,11H,6-8H2,1H3/q+1. The number of carbonyl (C=O) groups excluding carboxylic acids is 1. The van der Waals surface area contributed by atoms with Crippen molar-refractivity contribution in [3.8, 4) is 0 Å². The first-order chi connectivity index (χ1) is 8.33. The lowest BCUT2D eigenvalue weighted by atomic mass is 10.1. The fourth-order valence-electron chi connectivity index (χ4n) is 1.74. The van der Waals surface area contributed by atoms with E-state index >= 15 is 0 Å². The lowest BCUT2D eigenvalue weighted by Crippen LogP contribution is -2.42. The molecule has 1 aliphatic heterocycles. The minimum absolute atomic E-state index is 0.0776. The summed E-state index contributed by atoms with van der Waals surface area (Å²) < 4.78 is 7.05. The molecule has 2 rings (SSSR count). The highest BCUT2D eigenvalue weighted by atomic mass is 17.3. The summed E-state index contributed by atoms with van der Waals surface area (Å²) in [5.74, 6) is 0. The molecule has 0 aliphatic carbocycles. The van der Waals surface area contributed by atoms with E-state index in [1.165, 1.54) is 11.8 Å². The molecular formula is C11H15N2O4+. The highest BCUT2D eigenvalue weighted by Gasteiger charge is 2.21. The second-order valence-electron chi connectivity index (χ2n) is 3.69. The Morgan fingerprint density at radius 3 is 2.94 bits per heavy atom. The predicted octanol–water partition coefficient (Wildman–Crippen LogP) is -0.506. The van der Waals surface area contributed by atoms with E-state index in [1.54, 1.807) is 17.3 Å². The molecule has 1 aromatic rings. The summed E-state index contributed by atoms with van der Waals surface area (Å²) in [6.07, 6.45) is 4.22. The van der Waals surface area contributed by atoms with Crippen molar-refractivity contribution in [3.05, 3.63) is 30.1 Å². The number of hydrogen-bond acceptors (Lipinski definition) is 4. The molecular weight excluding hydrogens is 224 g/mol. The quantitative estimate of drug-likeness (QED) is 0.307. The zero-order valence-electron chi connectivity index (χ0n) is 9.61. The third-order valence-corrected chi connectivity index (χ3v) is 2.61. The van der Waals surface area contributed by atoms with E-state index in [2.05, 4.69) is 4.89 Å². The van der Waals surface area contributed by atoms with Gasteiger partial charge in [0.05, 0.1) is 20.3 Å². The van der Waals surface area contributed by atoms with Gasteiger partial charge in [0.15, 0.2) is 0 Å². The molecule has 0 radical (unpaired) electrons. The molecule has 0 N–H and O–H groups in total. The summed E-state index contributed by atoms with van der Waals surface area (Å²) in [5.41, 5.74) is 1.01. The molecule has 1 atom stereocenters. The van der Waals surface area contributed by atoms with Gasteiger partial charge in [0.1, 0.15) is 6.10 Å². The van der Waals surface area contributed by atoms with Crippen molar-refractivity contribution < 1.29 is 24.1 Å². The molecule has 6 heteroatoms. The van der Waals surface area contributed by atoms with E-state index < -0.39 is 0 Å². The van der Waals surface area contributed by atoms with Crippen LogP contribution in [-0.2, 0) is 14.4 Å². The molecule has 1 aromatic heterocycles. The van der Waals surface area contributed by atoms with Crippen molar-refractivity contribution in [2.24, 2.45) is 0 Å². The minimum atomic E-state index is -0.0776. The van der Waals surface area contributed by atoms with Crippen LogP contribution in [-0.4, -0.2) is 38.1 Å². The zero-order valence-corrected chi connectivity index (χ0v) is 9.61. The van der Waals surface area contributed by atoms with Gasteiger partial charge in [-0.1, -0.05) is 4.99 Å². The minimum Gasteiger partial charge on any atom is -0.370 e. The third kappa shape index (κ3) is 2.92. The number of amides is 1. The fourth-order valence-corrected chi connectivity index (χ4v) is 1.74. The van der Waals surface area contributed by atoms with Crippen LogP contribution in [0.5, 0.6) is 0 Å². The average Bonchev–Trinajstić information content (AvgIpc) is 2.40. The third-order valence-electron chi connectivity index (χ3n) is 2.61. The van der Waals surface area contributed by atoms with Crippen LogP contribution in [0.25, 0.3) is 0 Å². The fraction of sp³-hybridized carbons (Fsp3) is 0.455. The van der Waals surface area contributed by atoms with Crippen LogP contribution in [0.15, 0.2) is 24.5 Å². The number of carbonyl (C=O) groups is 1. The zero-order chi connectivity index (χ0) is 12.1. The van der Waals surface area contributed by atoms with Crippen LogP contribution < -0.4 is 9.72 Å². The van der Waals surface area contributed by atoms with Crippen molar-refractivity contribution in [2.45, 2.75) is 6.10 Å². The monoisotopic (exact) mass is 239 g/mol. The molecule has 1 amide bonds. The van der Waals surface area contributed by atoms with E-state index in [4.69, 9.17) is 9.73 Å². The number of morpholine rings is 1. The maximum Gasteiger partial charge on any atom is 0.226 e. The molecule has 92 valence electrons. The van der Waals surface area contributed by atoms with Crippen molar-refractivity contribution in [1.82, 2.24) is 4.90 Å². The topological polar surface area (TPSA) is 51.9 Å². The maximum atomic E-state index is 10.7. The second kappa shape index (κ2) is 5.60. The van der Waals surface area contributed by atoms with Gasteiger partial charge in [-0.15, -0.1) is 4.89 Å². The summed E-state index contributed by atoms with van der Waals surface area (Å²) in [5, 5.41) is 0. The van der Waals surface area contributed by atoms with E-state index in [0.717, 1.165) is 12.0 Å². The lowest BCUT2D eigenvalue weighted by Gasteiger charge is -2.30. The average molecular weight is 239 g/mol. The number of rotatable bonds is 4. The van der Waals surface area contributed by atoms with Crippen molar-refractivity contribution in [2.75, 3.05) is 26.8 Å². The van der Waals surface area contributed by atoms with Gasteiger partial charge in [-0.05, 0) is 5.56 Å². The van der Waals surface area contributed by atoms with Gasteiger partial charge < -0.3 is 9.64 Å². The number of pyridine rings is 1. The molecule has 1 aliphatic rings. The molecule has 6 nitrogen and oxygen atoms in total. The molecule has 1 saturated heterocycles. The molecule has 0 saturated carbocycles. The number of hydrogen-bond donors (Lipinski definition) is 0. The van der Waals surface area contributed by atoms with Crippen molar-refractivity contribution >= 4 is 6.41 Å². The molecule has 0 spiro atoms. The van der Waals surface area contributed by atoms with Gasteiger partial charge in [-0.25, -0.2) is 0 Å². The largest absolute Gasteiger partial charge is 0.370 e. The van der Waals surface area contributed by atoms with Gasteiger partial charge in [0.2, 0.25) is 18.8 Å². The number of aromatic nitrogens is 1. The van der Waals surface area contributed by atoms with Crippen LogP contribution >= 0.6 is 0 Å². The number of ether oxygens (including phenoxy) is 1. The van der Waals surface area contributed by atoms with Crippen LogP contribution in [0.4, 0.5) is 0 Å². The van der Waals surface area contributed by atoms with Gasteiger partial charge in [0.25, 0.3) is 0 Å².